The van der Waals surface area contributed by atoms with Crippen molar-refractivity contribution in [3.8, 4) is 5.75 Å². The molecule has 4 heteroatoms. The summed E-state index contributed by atoms with van der Waals surface area (Å²) in [5.74, 6) is -0.747. The maximum Gasteiger partial charge on any atom is 0.344 e. The number of hydrogen-bond donors (Lipinski definition) is 0. The summed E-state index contributed by atoms with van der Waals surface area (Å²) in [5.41, 5.74) is 1.23. The van der Waals surface area contributed by atoms with Gasteiger partial charge in [-0.25, -0.2) is 9.59 Å². The lowest BCUT2D eigenvalue weighted by Gasteiger charge is -2.09. The standard InChI is InChI=1S/C21H16O4/c22-20(24-15-16-9-3-1-4-10-16)18-13-7-8-14-19(18)21(23)25-17-11-5-2-6-12-17/h1-14H,15H2. The number of carbonyl (C=O) groups is 2. The van der Waals surface area contributed by atoms with Gasteiger partial charge in [-0.05, 0) is 29.8 Å². The zero-order chi connectivity index (χ0) is 17.5. The summed E-state index contributed by atoms with van der Waals surface area (Å²) in [5, 5.41) is 0. The molecule has 0 aliphatic rings. The van der Waals surface area contributed by atoms with E-state index in [4.69, 9.17) is 9.47 Å². The van der Waals surface area contributed by atoms with Gasteiger partial charge in [0.2, 0.25) is 0 Å². The van der Waals surface area contributed by atoms with Crippen LogP contribution in [0.2, 0.25) is 0 Å². The highest BCUT2D eigenvalue weighted by Crippen LogP contribution is 2.16. The highest BCUT2D eigenvalue weighted by atomic mass is 16.5. The Hall–Kier alpha value is -3.40. The minimum atomic E-state index is -0.599. The summed E-state index contributed by atoms with van der Waals surface area (Å²) >= 11 is 0. The van der Waals surface area contributed by atoms with Crippen LogP contribution in [0.3, 0.4) is 0 Å². The highest BCUT2D eigenvalue weighted by molar-refractivity contribution is 6.03. The third kappa shape index (κ3) is 4.32. The summed E-state index contributed by atoms with van der Waals surface area (Å²) in [6.07, 6.45) is 0. The molecule has 124 valence electrons. The number of para-hydroxylation sites is 1. The van der Waals surface area contributed by atoms with Crippen LogP contribution < -0.4 is 4.74 Å². The molecule has 0 N–H and O–H groups in total. The summed E-state index contributed by atoms with van der Waals surface area (Å²) in [7, 11) is 0. The average Bonchev–Trinajstić information content (AvgIpc) is 2.67. The summed E-state index contributed by atoms with van der Waals surface area (Å²) in [6, 6.07) is 24.5. The number of ether oxygens (including phenoxy) is 2. The highest BCUT2D eigenvalue weighted by Gasteiger charge is 2.19. The van der Waals surface area contributed by atoms with E-state index in [-0.39, 0.29) is 17.7 Å². The summed E-state index contributed by atoms with van der Waals surface area (Å²) in [4.78, 5) is 24.7. The SMILES string of the molecule is O=C(OCc1ccccc1)c1ccccc1C(=O)Oc1ccccc1. The zero-order valence-electron chi connectivity index (χ0n) is 13.4. The minimum Gasteiger partial charge on any atom is -0.457 e. The van der Waals surface area contributed by atoms with E-state index in [2.05, 4.69) is 0 Å². The van der Waals surface area contributed by atoms with Gasteiger partial charge in [0, 0.05) is 0 Å². The number of carbonyl (C=O) groups excluding carboxylic acids is 2. The van der Waals surface area contributed by atoms with E-state index in [0.717, 1.165) is 5.56 Å². The van der Waals surface area contributed by atoms with Gasteiger partial charge in [-0.2, -0.15) is 0 Å². The van der Waals surface area contributed by atoms with Crippen LogP contribution in [0.4, 0.5) is 0 Å². The van der Waals surface area contributed by atoms with Crippen molar-refractivity contribution in [3.63, 3.8) is 0 Å². The molecule has 0 aliphatic carbocycles. The predicted molar refractivity (Wildman–Crippen MR) is 93.4 cm³/mol. The fourth-order valence-corrected chi connectivity index (χ4v) is 2.29. The van der Waals surface area contributed by atoms with E-state index in [9.17, 15) is 9.59 Å². The average molecular weight is 332 g/mol. The Balaban J connectivity index is 1.73. The molecule has 3 rings (SSSR count). The summed E-state index contributed by atoms with van der Waals surface area (Å²) < 4.78 is 10.6. The Morgan fingerprint density at radius 2 is 1.16 bits per heavy atom. The summed E-state index contributed by atoms with van der Waals surface area (Å²) in [6.45, 7) is 0.141. The smallest absolute Gasteiger partial charge is 0.344 e. The van der Waals surface area contributed by atoms with E-state index in [0.29, 0.717) is 5.75 Å². The molecule has 3 aromatic carbocycles. The lowest BCUT2D eigenvalue weighted by Crippen LogP contribution is -2.15. The molecule has 0 saturated heterocycles. The molecule has 0 aromatic heterocycles. The van der Waals surface area contributed by atoms with Crippen LogP contribution in [0, 0.1) is 0 Å². The number of benzene rings is 3. The van der Waals surface area contributed by atoms with E-state index >= 15 is 0 Å². The second kappa shape index (κ2) is 7.93. The Labute approximate surface area is 145 Å². The molecule has 0 unspecified atom stereocenters. The van der Waals surface area contributed by atoms with Gasteiger partial charge in [0.1, 0.15) is 12.4 Å². The lowest BCUT2D eigenvalue weighted by atomic mass is 10.1. The molecule has 3 aromatic rings. The number of rotatable bonds is 5. The first-order valence-corrected chi connectivity index (χ1v) is 7.81. The van der Waals surface area contributed by atoms with Crippen LogP contribution in [0.25, 0.3) is 0 Å². The van der Waals surface area contributed by atoms with Crippen molar-refractivity contribution < 1.29 is 19.1 Å². The largest absolute Gasteiger partial charge is 0.457 e. The fraction of sp³-hybridized carbons (Fsp3) is 0.0476. The van der Waals surface area contributed by atoms with Gasteiger partial charge in [0.15, 0.2) is 0 Å². The second-order valence-electron chi connectivity index (χ2n) is 5.31. The van der Waals surface area contributed by atoms with Crippen LogP contribution >= 0.6 is 0 Å². The predicted octanol–water partition coefficient (Wildman–Crippen LogP) is 4.26. The second-order valence-corrected chi connectivity index (χ2v) is 5.31. The van der Waals surface area contributed by atoms with Gasteiger partial charge in [-0.15, -0.1) is 0 Å². The van der Waals surface area contributed by atoms with Crippen molar-refractivity contribution >= 4 is 11.9 Å². The van der Waals surface area contributed by atoms with Gasteiger partial charge in [0.25, 0.3) is 0 Å². The molecular formula is C21H16O4. The molecule has 0 heterocycles. The van der Waals surface area contributed by atoms with E-state index in [1.165, 1.54) is 0 Å². The van der Waals surface area contributed by atoms with Crippen molar-refractivity contribution in [2.75, 3.05) is 0 Å². The molecule has 0 amide bonds. The molecule has 0 spiro atoms. The van der Waals surface area contributed by atoms with Crippen molar-refractivity contribution in [2.45, 2.75) is 6.61 Å². The van der Waals surface area contributed by atoms with Crippen LogP contribution in [0.5, 0.6) is 5.75 Å². The van der Waals surface area contributed by atoms with Crippen LogP contribution in [-0.2, 0) is 11.3 Å². The minimum absolute atomic E-state index is 0.141. The van der Waals surface area contributed by atoms with E-state index in [1.807, 2.05) is 36.4 Å². The van der Waals surface area contributed by atoms with Crippen LogP contribution in [0.15, 0.2) is 84.9 Å². The monoisotopic (exact) mass is 332 g/mol. The number of esters is 2. The Kier molecular flexibility index (Phi) is 5.22. The molecule has 4 nitrogen and oxygen atoms in total. The first-order chi connectivity index (χ1) is 12.2. The maximum absolute atomic E-state index is 12.4. The van der Waals surface area contributed by atoms with Crippen molar-refractivity contribution in [3.05, 3.63) is 102 Å². The molecule has 0 fully saturated rings. The van der Waals surface area contributed by atoms with Crippen LogP contribution in [0.1, 0.15) is 26.3 Å². The first kappa shape index (κ1) is 16.5. The van der Waals surface area contributed by atoms with E-state index in [1.54, 1.807) is 48.5 Å². The molecule has 0 saturated carbocycles. The lowest BCUT2D eigenvalue weighted by molar-refractivity contribution is 0.0465. The van der Waals surface area contributed by atoms with Gasteiger partial charge in [0.05, 0.1) is 11.1 Å². The van der Waals surface area contributed by atoms with Gasteiger partial charge in [-0.1, -0.05) is 60.7 Å². The van der Waals surface area contributed by atoms with Gasteiger partial charge in [-0.3, -0.25) is 0 Å². The quantitative estimate of drug-likeness (QED) is 0.517. The van der Waals surface area contributed by atoms with Crippen LogP contribution in [-0.4, -0.2) is 11.9 Å². The van der Waals surface area contributed by atoms with Crippen molar-refractivity contribution in [2.24, 2.45) is 0 Å². The molecule has 25 heavy (non-hydrogen) atoms. The number of hydrogen-bond acceptors (Lipinski definition) is 4. The third-order valence-corrected chi connectivity index (χ3v) is 3.53. The molecular weight excluding hydrogens is 316 g/mol. The maximum atomic E-state index is 12.4. The third-order valence-electron chi connectivity index (χ3n) is 3.53. The molecule has 0 aliphatic heterocycles. The first-order valence-electron chi connectivity index (χ1n) is 7.81. The van der Waals surface area contributed by atoms with Gasteiger partial charge < -0.3 is 9.47 Å². The molecule has 0 radical (unpaired) electrons. The Morgan fingerprint density at radius 1 is 0.640 bits per heavy atom. The van der Waals surface area contributed by atoms with E-state index < -0.39 is 11.9 Å². The van der Waals surface area contributed by atoms with Gasteiger partial charge >= 0.3 is 11.9 Å². The molecule has 0 atom stereocenters. The normalized spacial score (nSPS) is 10.1. The van der Waals surface area contributed by atoms with Crippen molar-refractivity contribution in [1.29, 1.82) is 0 Å². The zero-order valence-corrected chi connectivity index (χ0v) is 13.4. The van der Waals surface area contributed by atoms with Crippen molar-refractivity contribution in [1.82, 2.24) is 0 Å². The Morgan fingerprint density at radius 3 is 1.80 bits per heavy atom. The fourth-order valence-electron chi connectivity index (χ4n) is 2.29. The molecule has 0 bridgehead atoms. The Bertz CT molecular complexity index is 857. The topological polar surface area (TPSA) is 52.6 Å².